The maximum Gasteiger partial charge on any atom is 0.268 e. The van der Waals surface area contributed by atoms with Crippen LogP contribution in [0.2, 0.25) is 0 Å². The molecule has 0 fully saturated rings. The number of carbonyl (C=O) groups excluding carboxylic acids is 1. The number of quaternary nitrogens is 1. The van der Waals surface area contributed by atoms with Gasteiger partial charge in [0.05, 0.1) is 39.9 Å². The number of aliphatic hydroxyl groups excluding tert-OH is 1. The quantitative estimate of drug-likeness (QED) is 0.0337. The topological polar surface area (TPSA) is 108 Å². The summed E-state index contributed by atoms with van der Waals surface area (Å²) >= 11 is 0. The molecule has 0 aliphatic heterocycles. The molecule has 0 saturated heterocycles. The van der Waals surface area contributed by atoms with Crippen LogP contribution >= 0.6 is 7.82 Å². The van der Waals surface area contributed by atoms with Crippen molar-refractivity contribution >= 4 is 13.7 Å². The number of nitrogens with one attached hydrogen (secondary N) is 1. The number of hydrogen-bond donors (Lipinski definition) is 2. The number of amides is 1. The van der Waals surface area contributed by atoms with Crippen LogP contribution in [0, 0.1) is 0 Å². The van der Waals surface area contributed by atoms with Gasteiger partial charge < -0.3 is 28.8 Å². The first-order chi connectivity index (χ1) is 21.5. The van der Waals surface area contributed by atoms with Crippen molar-refractivity contribution < 1.29 is 32.9 Å². The third-order valence-corrected chi connectivity index (χ3v) is 8.56. The Bertz CT molecular complexity index is 840. The average molecular weight is 657 g/mol. The molecule has 0 aromatic heterocycles. The van der Waals surface area contributed by atoms with Crippen molar-refractivity contribution in [1.82, 2.24) is 5.32 Å². The second-order valence-corrected chi connectivity index (χ2v) is 14.6. The van der Waals surface area contributed by atoms with Gasteiger partial charge in [-0.05, 0) is 51.4 Å². The molecule has 264 valence electrons. The summed E-state index contributed by atoms with van der Waals surface area (Å²) < 4.78 is 23.0. The fraction of sp³-hybridized carbons (Fsp3) is 0.806. The fourth-order valence-electron chi connectivity index (χ4n) is 4.65. The largest absolute Gasteiger partial charge is 0.756 e. The monoisotopic (exact) mass is 656 g/mol. The Morgan fingerprint density at radius 3 is 1.89 bits per heavy atom. The van der Waals surface area contributed by atoms with E-state index in [0.717, 1.165) is 64.2 Å². The van der Waals surface area contributed by atoms with E-state index in [0.29, 0.717) is 17.4 Å². The molecule has 3 atom stereocenters. The Kier molecular flexibility index (Phi) is 28.1. The van der Waals surface area contributed by atoms with E-state index >= 15 is 0 Å². The standard InChI is InChI=1S/C36H69N2O6P/c1-6-8-10-12-14-16-17-18-19-20-21-22-24-26-28-30-36(40)37-34(33-44-45(41,42)43-32-31-38(3,4)5)35(39)29-27-25-23-15-13-11-9-7-2/h14,16,18-19,27,29,34-35,39H,6-13,15,17,20-26,28,30-33H2,1-5H3,(H-,37,40,41,42)/b16-14-,19-18-,29-27+. The molecule has 1 amide bonds. The van der Waals surface area contributed by atoms with Crippen LogP contribution in [-0.4, -0.2) is 68.5 Å². The summed E-state index contributed by atoms with van der Waals surface area (Å²) in [5, 5.41) is 13.6. The van der Waals surface area contributed by atoms with Gasteiger partial charge in [-0.3, -0.25) is 9.36 Å². The molecule has 0 aromatic carbocycles. The molecule has 0 spiro atoms. The summed E-state index contributed by atoms with van der Waals surface area (Å²) in [5.74, 6) is -0.218. The highest BCUT2D eigenvalue weighted by atomic mass is 31.2. The van der Waals surface area contributed by atoms with E-state index in [1.54, 1.807) is 6.08 Å². The third kappa shape index (κ3) is 31.1. The smallest absolute Gasteiger partial charge is 0.268 e. The minimum atomic E-state index is -4.57. The van der Waals surface area contributed by atoms with Gasteiger partial charge in [0.2, 0.25) is 5.91 Å². The van der Waals surface area contributed by atoms with Crippen molar-refractivity contribution in [2.75, 3.05) is 40.9 Å². The first-order valence-electron chi connectivity index (χ1n) is 17.9. The molecule has 0 bridgehead atoms. The molecule has 0 rings (SSSR count). The number of hydrogen-bond acceptors (Lipinski definition) is 6. The predicted octanol–water partition coefficient (Wildman–Crippen LogP) is 8.16. The lowest BCUT2D eigenvalue weighted by molar-refractivity contribution is -0.870. The lowest BCUT2D eigenvalue weighted by Gasteiger charge is -2.29. The molecular formula is C36H69N2O6P. The molecule has 45 heavy (non-hydrogen) atoms. The number of likely N-dealkylation sites (N-methyl/N-ethyl adjacent to an activating group) is 1. The van der Waals surface area contributed by atoms with Gasteiger partial charge in [0, 0.05) is 6.42 Å². The van der Waals surface area contributed by atoms with Crippen LogP contribution in [0.4, 0.5) is 0 Å². The van der Waals surface area contributed by atoms with E-state index in [4.69, 9.17) is 9.05 Å². The second-order valence-electron chi connectivity index (χ2n) is 13.2. The summed E-state index contributed by atoms with van der Waals surface area (Å²) in [6.45, 7) is 4.53. The zero-order chi connectivity index (χ0) is 33.7. The van der Waals surface area contributed by atoms with Gasteiger partial charge in [-0.15, -0.1) is 0 Å². The van der Waals surface area contributed by atoms with Crippen molar-refractivity contribution in [3.63, 3.8) is 0 Å². The summed E-state index contributed by atoms with van der Waals surface area (Å²) in [7, 11) is 1.24. The molecule has 0 aliphatic rings. The van der Waals surface area contributed by atoms with Gasteiger partial charge in [0.25, 0.3) is 7.82 Å². The lowest BCUT2D eigenvalue weighted by atomic mass is 10.1. The molecule has 8 nitrogen and oxygen atoms in total. The van der Waals surface area contributed by atoms with E-state index in [1.807, 2.05) is 27.2 Å². The van der Waals surface area contributed by atoms with Crippen LogP contribution in [0.1, 0.15) is 136 Å². The summed E-state index contributed by atoms with van der Waals surface area (Å²) in [6.07, 6.45) is 31.9. The van der Waals surface area contributed by atoms with Crippen LogP contribution < -0.4 is 10.2 Å². The molecule has 3 unspecified atom stereocenters. The second kappa shape index (κ2) is 28.9. The van der Waals surface area contributed by atoms with Gasteiger partial charge >= 0.3 is 0 Å². The van der Waals surface area contributed by atoms with E-state index in [2.05, 4.69) is 43.5 Å². The van der Waals surface area contributed by atoms with Crippen LogP contribution in [0.5, 0.6) is 0 Å². The van der Waals surface area contributed by atoms with Crippen LogP contribution in [0.15, 0.2) is 36.5 Å². The predicted molar refractivity (Wildman–Crippen MR) is 187 cm³/mol. The van der Waals surface area contributed by atoms with Gasteiger partial charge in [-0.1, -0.05) is 115 Å². The molecule has 0 aromatic rings. The highest BCUT2D eigenvalue weighted by molar-refractivity contribution is 7.45. The van der Waals surface area contributed by atoms with E-state index in [1.165, 1.54) is 51.4 Å². The van der Waals surface area contributed by atoms with Crippen molar-refractivity contribution in [3.05, 3.63) is 36.5 Å². The maximum atomic E-state index is 12.7. The molecule has 9 heteroatoms. The summed E-state index contributed by atoms with van der Waals surface area (Å²) in [6, 6.07) is -0.888. The highest BCUT2D eigenvalue weighted by Crippen LogP contribution is 2.38. The molecule has 0 aliphatic carbocycles. The average Bonchev–Trinajstić information content (AvgIpc) is 2.97. The van der Waals surface area contributed by atoms with Gasteiger partial charge in [-0.25, -0.2) is 0 Å². The van der Waals surface area contributed by atoms with Crippen LogP contribution in [0.3, 0.4) is 0 Å². The Morgan fingerprint density at radius 2 is 1.29 bits per heavy atom. The number of nitrogens with zero attached hydrogens (tertiary/aromatic N) is 1. The van der Waals surface area contributed by atoms with Gasteiger partial charge in [0.1, 0.15) is 13.2 Å². The number of allylic oxidation sites excluding steroid dienone is 5. The minimum Gasteiger partial charge on any atom is -0.756 e. The number of unbranched alkanes of at least 4 members (excludes halogenated alkanes) is 14. The normalized spacial score (nSPS) is 15.3. The molecule has 0 heterocycles. The Labute approximate surface area is 276 Å². The number of carbonyl (C=O) groups is 1. The fourth-order valence-corrected chi connectivity index (χ4v) is 5.37. The highest BCUT2D eigenvalue weighted by Gasteiger charge is 2.23. The van der Waals surface area contributed by atoms with Crippen molar-refractivity contribution in [2.45, 2.75) is 148 Å². The first kappa shape index (κ1) is 43.7. The van der Waals surface area contributed by atoms with Crippen molar-refractivity contribution in [1.29, 1.82) is 0 Å². The maximum absolute atomic E-state index is 12.7. The van der Waals surface area contributed by atoms with Gasteiger partial charge in [-0.2, -0.15) is 0 Å². The Hall–Kier alpha value is -1.28. The third-order valence-electron chi connectivity index (χ3n) is 7.59. The number of phosphoric ester groups is 1. The van der Waals surface area contributed by atoms with E-state index < -0.39 is 20.0 Å². The molecular weight excluding hydrogens is 587 g/mol. The van der Waals surface area contributed by atoms with Gasteiger partial charge in [0.15, 0.2) is 0 Å². The summed E-state index contributed by atoms with van der Waals surface area (Å²) in [5.41, 5.74) is 0. The molecule has 2 N–H and O–H groups in total. The number of rotatable bonds is 31. The van der Waals surface area contributed by atoms with Crippen LogP contribution in [0.25, 0.3) is 0 Å². The minimum absolute atomic E-state index is 0.00512. The lowest BCUT2D eigenvalue weighted by Crippen LogP contribution is -2.45. The molecule has 0 radical (unpaired) electrons. The van der Waals surface area contributed by atoms with Crippen molar-refractivity contribution in [2.24, 2.45) is 0 Å². The van der Waals surface area contributed by atoms with E-state index in [-0.39, 0.29) is 19.1 Å². The Balaban J connectivity index is 4.54. The van der Waals surface area contributed by atoms with E-state index in [9.17, 15) is 19.4 Å². The zero-order valence-corrected chi connectivity index (χ0v) is 30.5. The number of phosphoric acid groups is 1. The molecule has 0 saturated carbocycles. The zero-order valence-electron chi connectivity index (χ0n) is 29.6. The SMILES string of the molecule is CCCCC/C=C\C/C=C\CCCCCCCC(=O)NC(COP(=O)([O-])OCC[N+](C)(C)C)C(O)/C=C/CCCCCCCC. The Morgan fingerprint density at radius 1 is 0.778 bits per heavy atom. The van der Waals surface area contributed by atoms with Crippen molar-refractivity contribution in [3.8, 4) is 0 Å². The number of aliphatic hydroxyl groups is 1. The van der Waals surface area contributed by atoms with Crippen LogP contribution in [-0.2, 0) is 18.4 Å². The summed E-state index contributed by atoms with van der Waals surface area (Å²) in [4.78, 5) is 25.0. The first-order valence-corrected chi connectivity index (χ1v) is 19.3.